The molecule has 0 bridgehead atoms. The number of hydrogen-bond acceptors (Lipinski definition) is 3. The Hall–Kier alpha value is -1.39. The molecule has 0 saturated heterocycles. The Kier molecular flexibility index (Phi) is 6.17. The summed E-state index contributed by atoms with van der Waals surface area (Å²) in [5.41, 5.74) is 1.60. The van der Waals surface area contributed by atoms with Crippen LogP contribution in [0.25, 0.3) is 0 Å². The van der Waals surface area contributed by atoms with Gasteiger partial charge >= 0.3 is 5.97 Å². The van der Waals surface area contributed by atoms with Crippen molar-refractivity contribution in [1.82, 2.24) is 4.90 Å². The highest BCUT2D eigenvalue weighted by Crippen LogP contribution is 2.17. The van der Waals surface area contributed by atoms with Crippen molar-refractivity contribution in [2.75, 3.05) is 19.7 Å². The second-order valence-corrected chi connectivity index (χ2v) is 6.35. The minimum atomic E-state index is -0.900. The van der Waals surface area contributed by atoms with Gasteiger partial charge in [-0.25, -0.2) is 4.79 Å². The molecule has 1 aromatic rings. The summed E-state index contributed by atoms with van der Waals surface area (Å²) in [7, 11) is 0. The van der Waals surface area contributed by atoms with E-state index >= 15 is 0 Å². The van der Waals surface area contributed by atoms with Gasteiger partial charge < -0.3 is 10.2 Å². The van der Waals surface area contributed by atoms with Crippen molar-refractivity contribution in [1.29, 1.82) is 0 Å². The Morgan fingerprint density at radius 2 is 1.80 bits per heavy atom. The highest BCUT2D eigenvalue weighted by Gasteiger charge is 2.16. The van der Waals surface area contributed by atoms with E-state index in [2.05, 4.69) is 25.7 Å². The Morgan fingerprint density at radius 3 is 2.25 bits per heavy atom. The molecule has 0 radical (unpaired) electrons. The molecule has 0 unspecified atom stereocenters. The monoisotopic (exact) mass is 279 g/mol. The average molecular weight is 279 g/mol. The third-order valence-electron chi connectivity index (χ3n) is 2.94. The number of aromatic carboxylic acids is 1. The lowest BCUT2D eigenvalue weighted by atomic mass is 9.95. The van der Waals surface area contributed by atoms with E-state index in [1.54, 1.807) is 12.1 Å². The molecule has 0 spiro atoms. The number of nitrogens with zero attached hydrogens (tertiary/aromatic N) is 1. The first-order chi connectivity index (χ1) is 9.31. The largest absolute Gasteiger partial charge is 0.478 e. The number of aliphatic hydroxyl groups is 1. The minimum absolute atomic E-state index is 0.191. The van der Waals surface area contributed by atoms with E-state index in [1.165, 1.54) is 0 Å². The number of rotatable bonds is 7. The van der Waals surface area contributed by atoms with Crippen LogP contribution in [0.3, 0.4) is 0 Å². The number of hydrogen-bond donors (Lipinski definition) is 2. The number of carbonyl (C=O) groups is 1. The minimum Gasteiger partial charge on any atom is -0.478 e. The lowest BCUT2D eigenvalue weighted by Gasteiger charge is -2.30. The van der Waals surface area contributed by atoms with Gasteiger partial charge in [-0.1, -0.05) is 32.9 Å². The molecule has 2 N–H and O–H groups in total. The molecule has 0 amide bonds. The zero-order valence-corrected chi connectivity index (χ0v) is 12.6. The summed E-state index contributed by atoms with van der Waals surface area (Å²) < 4.78 is 0. The van der Waals surface area contributed by atoms with Crippen LogP contribution in [0, 0.1) is 5.41 Å². The van der Waals surface area contributed by atoms with Crippen LogP contribution in [0.15, 0.2) is 24.3 Å². The van der Waals surface area contributed by atoms with Crippen LogP contribution in [-0.4, -0.2) is 40.8 Å². The summed E-state index contributed by atoms with van der Waals surface area (Å²) in [6, 6.07) is 6.99. The fourth-order valence-corrected chi connectivity index (χ4v) is 2.19. The van der Waals surface area contributed by atoms with E-state index < -0.39 is 5.97 Å². The first-order valence-corrected chi connectivity index (χ1v) is 6.97. The summed E-state index contributed by atoms with van der Waals surface area (Å²) in [5.74, 6) is -0.900. The normalized spacial score (nSPS) is 11.8. The molecular weight excluding hydrogens is 254 g/mol. The molecule has 4 heteroatoms. The third kappa shape index (κ3) is 6.17. The van der Waals surface area contributed by atoms with Crippen LogP contribution in [0.2, 0.25) is 0 Å². The van der Waals surface area contributed by atoms with Crippen molar-refractivity contribution in [3.8, 4) is 0 Å². The van der Waals surface area contributed by atoms with Crippen LogP contribution in [-0.2, 0) is 6.54 Å². The molecule has 112 valence electrons. The maximum absolute atomic E-state index is 10.8. The van der Waals surface area contributed by atoms with Crippen LogP contribution < -0.4 is 0 Å². The fourth-order valence-electron chi connectivity index (χ4n) is 2.19. The summed E-state index contributed by atoms with van der Waals surface area (Å²) in [5, 5.41) is 17.9. The number of carboxylic acids is 1. The molecule has 0 aromatic heterocycles. The summed E-state index contributed by atoms with van der Waals surface area (Å²) in [6.07, 6.45) is 0.753. The molecule has 1 rings (SSSR count). The van der Waals surface area contributed by atoms with Gasteiger partial charge in [0, 0.05) is 26.2 Å². The van der Waals surface area contributed by atoms with Gasteiger partial charge in [0.1, 0.15) is 0 Å². The van der Waals surface area contributed by atoms with Gasteiger partial charge in [-0.3, -0.25) is 4.90 Å². The second-order valence-electron chi connectivity index (χ2n) is 6.35. The number of carboxylic acid groups (broad SMARTS) is 1. The molecule has 0 aliphatic heterocycles. The molecule has 4 nitrogen and oxygen atoms in total. The molecule has 0 saturated carbocycles. The van der Waals surface area contributed by atoms with Gasteiger partial charge in [0.2, 0.25) is 0 Å². The van der Waals surface area contributed by atoms with Crippen molar-refractivity contribution in [3.63, 3.8) is 0 Å². The maximum Gasteiger partial charge on any atom is 0.335 e. The van der Waals surface area contributed by atoms with Gasteiger partial charge in [-0.05, 0) is 29.5 Å². The van der Waals surface area contributed by atoms with Gasteiger partial charge in [0.05, 0.1) is 5.56 Å². The van der Waals surface area contributed by atoms with Crippen molar-refractivity contribution >= 4 is 5.97 Å². The van der Waals surface area contributed by atoms with Crippen LogP contribution >= 0.6 is 0 Å². The molecule has 0 atom stereocenters. The lowest BCUT2D eigenvalue weighted by molar-refractivity contribution is 0.0697. The SMILES string of the molecule is CC(C)(C)CN(CCCO)Cc1ccc(C(=O)O)cc1. The Labute approximate surface area is 121 Å². The van der Waals surface area contributed by atoms with E-state index in [4.69, 9.17) is 10.2 Å². The van der Waals surface area contributed by atoms with Crippen LogP contribution in [0.1, 0.15) is 43.1 Å². The Balaban J connectivity index is 2.70. The summed E-state index contributed by atoms with van der Waals surface area (Å²) in [4.78, 5) is 13.1. The first kappa shape index (κ1) is 16.7. The predicted molar refractivity (Wildman–Crippen MR) is 79.8 cm³/mol. The average Bonchev–Trinajstić information content (AvgIpc) is 2.35. The number of benzene rings is 1. The van der Waals surface area contributed by atoms with E-state index in [0.717, 1.165) is 31.6 Å². The molecule has 20 heavy (non-hydrogen) atoms. The first-order valence-electron chi connectivity index (χ1n) is 6.97. The van der Waals surface area contributed by atoms with Crippen molar-refractivity contribution < 1.29 is 15.0 Å². The number of aliphatic hydroxyl groups excluding tert-OH is 1. The molecular formula is C16H25NO3. The van der Waals surface area contributed by atoms with Gasteiger partial charge in [-0.2, -0.15) is 0 Å². The van der Waals surface area contributed by atoms with Crippen molar-refractivity contribution in [2.24, 2.45) is 5.41 Å². The standard InChI is InChI=1S/C16H25NO3/c1-16(2,3)12-17(9-4-10-18)11-13-5-7-14(8-6-13)15(19)20/h5-8,18H,4,9-12H2,1-3H3,(H,19,20). The predicted octanol–water partition coefficient (Wildman–Crippen LogP) is 2.62. The van der Waals surface area contributed by atoms with E-state index in [1.807, 2.05) is 12.1 Å². The van der Waals surface area contributed by atoms with Gasteiger partial charge in [0.25, 0.3) is 0 Å². The van der Waals surface area contributed by atoms with Crippen molar-refractivity contribution in [2.45, 2.75) is 33.7 Å². The van der Waals surface area contributed by atoms with Crippen molar-refractivity contribution in [3.05, 3.63) is 35.4 Å². The zero-order valence-electron chi connectivity index (χ0n) is 12.6. The van der Waals surface area contributed by atoms with E-state index in [0.29, 0.717) is 5.56 Å². The zero-order chi connectivity index (χ0) is 15.2. The molecule has 0 aliphatic rings. The Morgan fingerprint density at radius 1 is 1.20 bits per heavy atom. The topological polar surface area (TPSA) is 60.8 Å². The molecule has 0 fully saturated rings. The smallest absolute Gasteiger partial charge is 0.335 e. The van der Waals surface area contributed by atoms with Gasteiger partial charge in [0.15, 0.2) is 0 Å². The molecule has 0 aliphatic carbocycles. The second kappa shape index (κ2) is 7.41. The summed E-state index contributed by atoms with van der Waals surface area (Å²) >= 11 is 0. The van der Waals surface area contributed by atoms with Crippen LogP contribution in [0.5, 0.6) is 0 Å². The highest BCUT2D eigenvalue weighted by molar-refractivity contribution is 5.87. The molecule has 0 heterocycles. The molecule has 1 aromatic carbocycles. The maximum atomic E-state index is 10.8. The quantitative estimate of drug-likeness (QED) is 0.805. The van der Waals surface area contributed by atoms with E-state index in [9.17, 15) is 4.79 Å². The van der Waals surface area contributed by atoms with E-state index in [-0.39, 0.29) is 12.0 Å². The lowest BCUT2D eigenvalue weighted by Crippen LogP contribution is -2.33. The van der Waals surface area contributed by atoms with Crippen LogP contribution in [0.4, 0.5) is 0 Å². The fraction of sp³-hybridized carbons (Fsp3) is 0.562. The Bertz CT molecular complexity index is 420. The third-order valence-corrected chi connectivity index (χ3v) is 2.94. The summed E-state index contributed by atoms with van der Waals surface area (Å²) in [6.45, 7) is 9.31. The highest BCUT2D eigenvalue weighted by atomic mass is 16.4. The van der Waals surface area contributed by atoms with Gasteiger partial charge in [-0.15, -0.1) is 0 Å².